The van der Waals surface area contributed by atoms with Crippen LogP contribution in [0.4, 0.5) is 11.5 Å². The largest absolute Gasteiger partial charge is 0.382 e. The van der Waals surface area contributed by atoms with Crippen LogP contribution in [0.5, 0.6) is 0 Å². The number of ether oxygens (including phenoxy) is 1. The number of nitro groups is 1. The summed E-state index contributed by atoms with van der Waals surface area (Å²) in [4.78, 5) is 10.8. The van der Waals surface area contributed by atoms with Crippen LogP contribution in [0, 0.1) is 10.1 Å². The van der Waals surface area contributed by atoms with Crippen LogP contribution in [0.2, 0.25) is 0 Å². The molecule has 0 aliphatic rings. The van der Waals surface area contributed by atoms with Gasteiger partial charge < -0.3 is 10.1 Å². The van der Waals surface area contributed by atoms with Crippen molar-refractivity contribution in [2.45, 2.75) is 33.1 Å². The number of anilines is 1. The van der Waals surface area contributed by atoms with Gasteiger partial charge in [0, 0.05) is 32.7 Å². The monoisotopic (exact) mass is 270 g/mol. The SMILES string of the molecule is CCOCCCNc1c([N+](=O)[O-])c(C(C)C)nn1C. The summed E-state index contributed by atoms with van der Waals surface area (Å²) in [6.45, 7) is 7.68. The van der Waals surface area contributed by atoms with E-state index in [2.05, 4.69) is 10.4 Å². The fourth-order valence-electron chi connectivity index (χ4n) is 1.83. The number of aromatic nitrogens is 2. The maximum atomic E-state index is 11.2. The highest BCUT2D eigenvalue weighted by Gasteiger charge is 2.27. The topological polar surface area (TPSA) is 82.2 Å². The van der Waals surface area contributed by atoms with E-state index < -0.39 is 0 Å². The molecule has 0 aromatic carbocycles. The second-order valence-electron chi connectivity index (χ2n) is 4.60. The maximum Gasteiger partial charge on any atom is 0.334 e. The van der Waals surface area contributed by atoms with Crippen molar-refractivity contribution in [2.24, 2.45) is 7.05 Å². The standard InChI is InChI=1S/C12H22N4O3/c1-5-19-8-6-7-13-12-11(16(17)18)10(9(2)3)14-15(12)4/h9,13H,5-8H2,1-4H3. The van der Waals surface area contributed by atoms with E-state index in [4.69, 9.17) is 4.74 Å². The van der Waals surface area contributed by atoms with E-state index >= 15 is 0 Å². The third-order valence-corrected chi connectivity index (χ3v) is 2.74. The Labute approximate surface area is 113 Å². The first-order valence-corrected chi connectivity index (χ1v) is 6.51. The van der Waals surface area contributed by atoms with Gasteiger partial charge in [0.25, 0.3) is 0 Å². The second-order valence-corrected chi connectivity index (χ2v) is 4.60. The summed E-state index contributed by atoms with van der Waals surface area (Å²) < 4.78 is 6.76. The molecule has 1 heterocycles. The van der Waals surface area contributed by atoms with Crippen molar-refractivity contribution in [1.29, 1.82) is 0 Å². The fraction of sp³-hybridized carbons (Fsp3) is 0.750. The lowest BCUT2D eigenvalue weighted by molar-refractivity contribution is -0.384. The highest BCUT2D eigenvalue weighted by Crippen LogP contribution is 2.32. The highest BCUT2D eigenvalue weighted by molar-refractivity contribution is 5.60. The number of nitrogens with zero attached hydrogens (tertiary/aromatic N) is 3. The van der Waals surface area contributed by atoms with Gasteiger partial charge in [0.15, 0.2) is 0 Å². The summed E-state index contributed by atoms with van der Waals surface area (Å²) in [7, 11) is 1.71. The molecular formula is C12H22N4O3. The predicted molar refractivity (Wildman–Crippen MR) is 73.6 cm³/mol. The normalized spacial score (nSPS) is 11.0. The molecule has 0 unspecified atom stereocenters. The van der Waals surface area contributed by atoms with Crippen molar-refractivity contribution >= 4 is 11.5 Å². The van der Waals surface area contributed by atoms with Gasteiger partial charge in [-0.1, -0.05) is 13.8 Å². The fourth-order valence-corrected chi connectivity index (χ4v) is 1.83. The number of rotatable bonds is 8. The second kappa shape index (κ2) is 7.08. The first-order valence-electron chi connectivity index (χ1n) is 6.51. The van der Waals surface area contributed by atoms with E-state index in [-0.39, 0.29) is 16.5 Å². The summed E-state index contributed by atoms with van der Waals surface area (Å²) >= 11 is 0. The molecule has 0 bridgehead atoms. The van der Waals surface area contributed by atoms with Crippen molar-refractivity contribution < 1.29 is 9.66 Å². The Bertz CT molecular complexity index is 429. The Balaban J connectivity index is 2.79. The summed E-state index contributed by atoms with van der Waals surface area (Å²) in [5.41, 5.74) is 0.591. The van der Waals surface area contributed by atoms with Crippen LogP contribution in [0.15, 0.2) is 0 Å². The van der Waals surface area contributed by atoms with Crippen LogP contribution in [0.1, 0.15) is 38.8 Å². The van der Waals surface area contributed by atoms with Crippen molar-refractivity contribution in [2.75, 3.05) is 25.1 Å². The van der Waals surface area contributed by atoms with Gasteiger partial charge in [0.1, 0.15) is 5.69 Å². The van der Waals surface area contributed by atoms with Crippen molar-refractivity contribution in [3.05, 3.63) is 15.8 Å². The van der Waals surface area contributed by atoms with Crippen LogP contribution >= 0.6 is 0 Å². The molecule has 19 heavy (non-hydrogen) atoms. The molecule has 0 aliphatic heterocycles. The average molecular weight is 270 g/mol. The van der Waals surface area contributed by atoms with E-state index in [0.717, 1.165) is 6.42 Å². The Kier molecular flexibility index (Phi) is 5.75. The molecule has 0 amide bonds. The molecule has 108 valence electrons. The van der Waals surface area contributed by atoms with E-state index in [0.29, 0.717) is 31.3 Å². The number of aryl methyl sites for hydroxylation is 1. The molecule has 0 radical (unpaired) electrons. The van der Waals surface area contributed by atoms with E-state index in [1.807, 2.05) is 20.8 Å². The van der Waals surface area contributed by atoms with Crippen molar-refractivity contribution in [1.82, 2.24) is 9.78 Å². The summed E-state index contributed by atoms with van der Waals surface area (Å²) in [6.07, 6.45) is 0.799. The van der Waals surface area contributed by atoms with E-state index in [9.17, 15) is 10.1 Å². The van der Waals surface area contributed by atoms with Gasteiger partial charge in [-0.15, -0.1) is 0 Å². The molecule has 7 nitrogen and oxygen atoms in total. The van der Waals surface area contributed by atoms with Crippen LogP contribution in [-0.4, -0.2) is 34.5 Å². The minimum atomic E-state index is -0.368. The minimum Gasteiger partial charge on any atom is -0.382 e. The first kappa shape index (κ1) is 15.4. The zero-order valence-electron chi connectivity index (χ0n) is 12.0. The smallest absolute Gasteiger partial charge is 0.334 e. The zero-order chi connectivity index (χ0) is 14.4. The van der Waals surface area contributed by atoms with Crippen LogP contribution < -0.4 is 5.32 Å². The Morgan fingerprint density at radius 1 is 1.53 bits per heavy atom. The third kappa shape index (κ3) is 3.92. The Morgan fingerprint density at radius 3 is 2.74 bits per heavy atom. The van der Waals surface area contributed by atoms with Gasteiger partial charge in [0.2, 0.25) is 5.82 Å². The lowest BCUT2D eigenvalue weighted by Crippen LogP contribution is -2.10. The molecule has 0 fully saturated rings. The molecule has 1 aromatic rings. The van der Waals surface area contributed by atoms with Gasteiger partial charge in [-0.3, -0.25) is 10.1 Å². The lowest BCUT2D eigenvalue weighted by atomic mass is 10.1. The number of nitrogens with one attached hydrogen (secondary N) is 1. The highest BCUT2D eigenvalue weighted by atomic mass is 16.6. The van der Waals surface area contributed by atoms with E-state index in [1.165, 1.54) is 4.68 Å². The van der Waals surface area contributed by atoms with E-state index in [1.54, 1.807) is 7.05 Å². The van der Waals surface area contributed by atoms with Gasteiger partial charge in [0.05, 0.1) is 4.92 Å². The molecule has 0 saturated carbocycles. The molecule has 1 N–H and O–H groups in total. The number of hydrogen-bond donors (Lipinski definition) is 1. The minimum absolute atomic E-state index is 0.0191. The molecular weight excluding hydrogens is 248 g/mol. The Hall–Kier alpha value is -1.63. The molecule has 7 heteroatoms. The summed E-state index contributed by atoms with van der Waals surface area (Å²) in [5, 5.41) is 18.5. The molecule has 0 aliphatic carbocycles. The predicted octanol–water partition coefficient (Wildman–Crippen LogP) is 2.29. The summed E-state index contributed by atoms with van der Waals surface area (Å²) in [6, 6.07) is 0. The van der Waals surface area contributed by atoms with Crippen molar-refractivity contribution in [3.8, 4) is 0 Å². The van der Waals surface area contributed by atoms with Crippen LogP contribution in [0.3, 0.4) is 0 Å². The van der Waals surface area contributed by atoms with Crippen LogP contribution in [0.25, 0.3) is 0 Å². The zero-order valence-corrected chi connectivity index (χ0v) is 12.0. The quantitative estimate of drug-likeness (QED) is 0.445. The van der Waals surface area contributed by atoms with Gasteiger partial charge in [-0.25, -0.2) is 4.68 Å². The molecule has 1 rings (SSSR count). The lowest BCUT2D eigenvalue weighted by Gasteiger charge is -2.06. The van der Waals surface area contributed by atoms with Gasteiger partial charge in [-0.2, -0.15) is 5.10 Å². The van der Waals surface area contributed by atoms with Gasteiger partial charge >= 0.3 is 5.69 Å². The average Bonchev–Trinajstić information content (AvgIpc) is 2.67. The molecule has 1 aromatic heterocycles. The molecule has 0 spiro atoms. The molecule has 0 saturated heterocycles. The molecule has 0 atom stereocenters. The maximum absolute atomic E-state index is 11.2. The first-order chi connectivity index (χ1) is 8.99. The number of hydrogen-bond acceptors (Lipinski definition) is 5. The van der Waals surface area contributed by atoms with Gasteiger partial charge in [-0.05, 0) is 13.3 Å². The summed E-state index contributed by atoms with van der Waals surface area (Å²) in [5.74, 6) is 0.482. The van der Waals surface area contributed by atoms with Crippen LogP contribution in [-0.2, 0) is 11.8 Å². The third-order valence-electron chi connectivity index (χ3n) is 2.74. The Morgan fingerprint density at radius 2 is 2.21 bits per heavy atom. The van der Waals surface area contributed by atoms with Crippen molar-refractivity contribution in [3.63, 3.8) is 0 Å².